The number of ether oxygens (including phenoxy) is 1. The van der Waals surface area contributed by atoms with Crippen LogP contribution in [0.5, 0.6) is 5.75 Å². The summed E-state index contributed by atoms with van der Waals surface area (Å²) < 4.78 is 20.5. The topological polar surface area (TPSA) is 53.1 Å². The first kappa shape index (κ1) is 26.3. The molecule has 194 valence electrons. The second kappa shape index (κ2) is 12.5. The van der Waals surface area contributed by atoms with E-state index in [1.807, 2.05) is 35.2 Å². The quantitative estimate of drug-likeness (QED) is 0.362. The van der Waals surface area contributed by atoms with E-state index in [-0.39, 0.29) is 23.8 Å². The number of ketones is 1. The smallest absolute Gasteiger partial charge is 0.253 e. The number of hydrogen-bond donors (Lipinski definition) is 0. The molecule has 2 aliphatic rings. The van der Waals surface area contributed by atoms with Crippen molar-refractivity contribution in [2.45, 2.75) is 39.2 Å². The molecule has 2 aromatic carbocycles. The lowest BCUT2D eigenvalue weighted by Gasteiger charge is -2.34. The number of likely N-dealkylation sites (tertiary alicyclic amines) is 1. The molecule has 0 spiro atoms. The van der Waals surface area contributed by atoms with Crippen molar-refractivity contribution in [3.63, 3.8) is 0 Å². The molecule has 0 unspecified atom stereocenters. The van der Waals surface area contributed by atoms with Gasteiger partial charge >= 0.3 is 0 Å². The maximum atomic E-state index is 14.7. The molecule has 1 amide bonds. The molecule has 4 rings (SSSR count). The van der Waals surface area contributed by atoms with Gasteiger partial charge in [0.25, 0.3) is 5.91 Å². The molecule has 2 saturated heterocycles. The number of piperazine rings is 1. The Labute approximate surface area is 214 Å². The SMILES string of the molecule is CC(C)[C@@H]1CCCN1CCCOc1ccc(C(=O)CN2CCN(C(=O)c3ccccc3)CC2)c(F)c1. The summed E-state index contributed by atoms with van der Waals surface area (Å²) in [6.45, 7) is 9.62. The summed E-state index contributed by atoms with van der Waals surface area (Å²) >= 11 is 0. The molecule has 0 aliphatic carbocycles. The van der Waals surface area contributed by atoms with Crippen molar-refractivity contribution in [2.75, 3.05) is 52.4 Å². The van der Waals surface area contributed by atoms with Crippen molar-refractivity contribution in [1.29, 1.82) is 0 Å². The Hall–Kier alpha value is -2.77. The Morgan fingerprint density at radius 2 is 1.78 bits per heavy atom. The van der Waals surface area contributed by atoms with E-state index in [0.717, 1.165) is 19.5 Å². The van der Waals surface area contributed by atoms with E-state index in [1.54, 1.807) is 11.0 Å². The fraction of sp³-hybridized carbons (Fsp3) is 0.517. The minimum absolute atomic E-state index is 0.00313. The molecule has 0 N–H and O–H groups in total. The van der Waals surface area contributed by atoms with Gasteiger partial charge in [-0.3, -0.25) is 14.5 Å². The van der Waals surface area contributed by atoms with Gasteiger partial charge in [0.2, 0.25) is 0 Å². The first-order valence-corrected chi connectivity index (χ1v) is 13.2. The molecule has 7 heteroatoms. The molecular weight excluding hydrogens is 457 g/mol. The number of carbonyl (C=O) groups excluding carboxylic acids is 2. The minimum atomic E-state index is -0.546. The summed E-state index contributed by atoms with van der Waals surface area (Å²) in [4.78, 5) is 31.7. The van der Waals surface area contributed by atoms with Gasteiger partial charge in [0, 0.05) is 50.4 Å². The Balaban J connectivity index is 1.20. The van der Waals surface area contributed by atoms with Crippen LogP contribution in [0.1, 0.15) is 53.8 Å². The maximum absolute atomic E-state index is 14.7. The monoisotopic (exact) mass is 495 g/mol. The Morgan fingerprint density at radius 3 is 2.47 bits per heavy atom. The lowest BCUT2D eigenvalue weighted by atomic mass is 10.0. The van der Waals surface area contributed by atoms with Crippen LogP contribution >= 0.6 is 0 Å². The third-order valence-electron chi connectivity index (χ3n) is 7.33. The molecule has 6 nitrogen and oxygen atoms in total. The highest BCUT2D eigenvalue weighted by Gasteiger charge is 2.26. The van der Waals surface area contributed by atoms with Gasteiger partial charge in [0.05, 0.1) is 18.7 Å². The summed E-state index contributed by atoms with van der Waals surface area (Å²) in [5.41, 5.74) is 0.754. The van der Waals surface area contributed by atoms with Gasteiger partial charge in [0.15, 0.2) is 5.78 Å². The molecule has 0 saturated carbocycles. The van der Waals surface area contributed by atoms with Crippen LogP contribution in [0.15, 0.2) is 48.5 Å². The number of nitrogens with zero attached hydrogens (tertiary/aromatic N) is 3. The zero-order chi connectivity index (χ0) is 25.5. The van der Waals surface area contributed by atoms with Crippen LogP contribution in [-0.2, 0) is 0 Å². The van der Waals surface area contributed by atoms with Crippen molar-refractivity contribution in [2.24, 2.45) is 5.92 Å². The number of hydrogen-bond acceptors (Lipinski definition) is 5. The van der Waals surface area contributed by atoms with Gasteiger partial charge in [-0.05, 0) is 56.0 Å². The van der Waals surface area contributed by atoms with Gasteiger partial charge in [-0.25, -0.2) is 4.39 Å². The molecule has 0 radical (unpaired) electrons. The number of rotatable bonds is 10. The van der Waals surface area contributed by atoms with Crippen LogP contribution < -0.4 is 4.74 Å². The molecule has 2 heterocycles. The zero-order valence-electron chi connectivity index (χ0n) is 21.5. The normalized spacial score (nSPS) is 19.1. The molecule has 2 aromatic rings. The predicted molar refractivity (Wildman–Crippen MR) is 139 cm³/mol. The van der Waals surface area contributed by atoms with Gasteiger partial charge in [-0.1, -0.05) is 32.0 Å². The van der Waals surface area contributed by atoms with Crippen LogP contribution in [0.2, 0.25) is 0 Å². The number of benzene rings is 2. The summed E-state index contributed by atoms with van der Waals surface area (Å²) in [5.74, 6) is 0.320. The second-order valence-corrected chi connectivity index (χ2v) is 10.2. The van der Waals surface area contributed by atoms with Crippen LogP contribution in [0.25, 0.3) is 0 Å². The van der Waals surface area contributed by atoms with Gasteiger partial charge in [-0.15, -0.1) is 0 Å². The largest absolute Gasteiger partial charge is 0.493 e. The number of halogens is 1. The van der Waals surface area contributed by atoms with Gasteiger partial charge in [-0.2, -0.15) is 0 Å². The standard InChI is InChI=1S/C29H38FN3O3/c1-22(2)27-10-6-13-32(27)14-7-19-36-24-11-12-25(26(30)20-24)28(34)21-31-15-17-33(18-16-31)29(35)23-8-4-3-5-9-23/h3-5,8-9,11-12,20,22,27H,6-7,10,13-19,21H2,1-2H3/t27-/m0/s1. The van der Waals surface area contributed by atoms with E-state index in [2.05, 4.69) is 18.7 Å². The van der Waals surface area contributed by atoms with Crippen molar-refractivity contribution < 1.29 is 18.7 Å². The number of amides is 1. The van der Waals surface area contributed by atoms with Crippen molar-refractivity contribution in [1.82, 2.24) is 14.7 Å². The van der Waals surface area contributed by atoms with E-state index in [9.17, 15) is 14.0 Å². The fourth-order valence-corrected chi connectivity index (χ4v) is 5.31. The molecule has 2 fully saturated rings. The Bertz CT molecular complexity index is 1020. The van der Waals surface area contributed by atoms with Gasteiger partial charge in [0.1, 0.15) is 11.6 Å². The number of carbonyl (C=O) groups is 2. The van der Waals surface area contributed by atoms with Crippen LogP contribution in [0.4, 0.5) is 4.39 Å². The average molecular weight is 496 g/mol. The first-order valence-electron chi connectivity index (χ1n) is 13.2. The second-order valence-electron chi connectivity index (χ2n) is 10.2. The van der Waals surface area contributed by atoms with Crippen molar-refractivity contribution >= 4 is 11.7 Å². The molecule has 0 bridgehead atoms. The zero-order valence-corrected chi connectivity index (χ0v) is 21.5. The highest BCUT2D eigenvalue weighted by atomic mass is 19.1. The van der Waals surface area contributed by atoms with E-state index < -0.39 is 5.82 Å². The molecule has 1 atom stereocenters. The maximum Gasteiger partial charge on any atom is 0.253 e. The van der Waals surface area contributed by atoms with E-state index in [1.165, 1.54) is 25.0 Å². The van der Waals surface area contributed by atoms with Crippen LogP contribution in [-0.4, -0.2) is 84.9 Å². The summed E-state index contributed by atoms with van der Waals surface area (Å²) in [6, 6.07) is 14.4. The van der Waals surface area contributed by atoms with Crippen LogP contribution in [0, 0.1) is 11.7 Å². The lowest BCUT2D eigenvalue weighted by Crippen LogP contribution is -2.49. The lowest BCUT2D eigenvalue weighted by molar-refractivity contribution is 0.0624. The first-order chi connectivity index (χ1) is 17.4. The molecule has 0 aromatic heterocycles. The fourth-order valence-electron chi connectivity index (χ4n) is 5.31. The van der Waals surface area contributed by atoms with E-state index in [4.69, 9.17) is 4.74 Å². The summed E-state index contributed by atoms with van der Waals surface area (Å²) in [6.07, 6.45) is 3.41. The average Bonchev–Trinajstić information content (AvgIpc) is 3.36. The highest BCUT2D eigenvalue weighted by Crippen LogP contribution is 2.24. The summed E-state index contributed by atoms with van der Waals surface area (Å²) in [5, 5.41) is 0. The third kappa shape index (κ3) is 6.71. The van der Waals surface area contributed by atoms with Crippen molar-refractivity contribution in [3.8, 4) is 5.75 Å². The minimum Gasteiger partial charge on any atom is -0.493 e. The van der Waals surface area contributed by atoms with Crippen molar-refractivity contribution in [3.05, 3.63) is 65.5 Å². The van der Waals surface area contributed by atoms with E-state index >= 15 is 0 Å². The van der Waals surface area contributed by atoms with Gasteiger partial charge < -0.3 is 14.5 Å². The van der Waals surface area contributed by atoms with Crippen LogP contribution in [0.3, 0.4) is 0 Å². The highest BCUT2D eigenvalue weighted by molar-refractivity contribution is 5.98. The third-order valence-corrected chi connectivity index (χ3v) is 7.33. The predicted octanol–water partition coefficient (Wildman–Crippen LogP) is 4.36. The molecule has 36 heavy (non-hydrogen) atoms. The Kier molecular flexibility index (Phi) is 9.10. The number of Topliss-reactive ketones (excluding diaryl/α,β-unsaturated/α-hetero) is 1. The molecular formula is C29H38FN3O3. The Morgan fingerprint density at radius 1 is 1.03 bits per heavy atom. The van der Waals surface area contributed by atoms with E-state index in [0.29, 0.717) is 56.1 Å². The summed E-state index contributed by atoms with van der Waals surface area (Å²) in [7, 11) is 0. The molecule has 2 aliphatic heterocycles.